The first-order valence-electron chi connectivity index (χ1n) is 10.5. The Bertz CT molecular complexity index is 1250. The van der Waals surface area contributed by atoms with E-state index in [1.807, 2.05) is 0 Å². The van der Waals surface area contributed by atoms with Gasteiger partial charge in [-0.2, -0.15) is 0 Å². The highest BCUT2D eigenvalue weighted by Gasteiger charge is 2.37. The molecule has 0 saturated heterocycles. The number of ether oxygens (including phenoxy) is 2. The first-order valence-corrected chi connectivity index (χ1v) is 12.4. The van der Waals surface area contributed by atoms with E-state index in [4.69, 9.17) is 21.1 Å². The molecule has 3 aromatic rings. The summed E-state index contributed by atoms with van der Waals surface area (Å²) in [6, 6.07) is 2.79. The van der Waals surface area contributed by atoms with Crippen molar-refractivity contribution in [2.45, 2.75) is 44.3 Å². The van der Waals surface area contributed by atoms with Crippen molar-refractivity contribution < 1.29 is 23.0 Å². The van der Waals surface area contributed by atoms with Crippen LogP contribution in [0, 0.1) is 0 Å². The summed E-state index contributed by atoms with van der Waals surface area (Å²) in [5.74, 6) is 0.750. The number of halogens is 1. The molecule has 0 saturated carbocycles. The normalized spacial score (nSPS) is 17.3. The molecule has 0 fully saturated rings. The number of hydrogen-bond acceptors (Lipinski definition) is 10. The van der Waals surface area contributed by atoms with Crippen LogP contribution in [0.4, 0.5) is 5.95 Å². The van der Waals surface area contributed by atoms with Crippen molar-refractivity contribution in [3.8, 4) is 17.3 Å². The predicted molar refractivity (Wildman–Crippen MR) is 123 cm³/mol. The van der Waals surface area contributed by atoms with Crippen LogP contribution in [0.1, 0.15) is 38.7 Å². The van der Waals surface area contributed by atoms with Crippen LogP contribution in [0.5, 0.6) is 5.88 Å². The molecule has 34 heavy (non-hydrogen) atoms. The Balaban J connectivity index is 1.69. The summed E-state index contributed by atoms with van der Waals surface area (Å²) in [5, 5.41) is 17.3. The molecule has 0 radical (unpaired) electrons. The lowest BCUT2D eigenvalue weighted by molar-refractivity contribution is 0.00154. The van der Waals surface area contributed by atoms with Gasteiger partial charge in [-0.1, -0.05) is 11.6 Å². The molecule has 1 aliphatic heterocycles. The fourth-order valence-corrected chi connectivity index (χ4v) is 4.67. The zero-order valence-corrected chi connectivity index (χ0v) is 20.2. The molecular weight excluding hydrogens is 486 g/mol. The number of hydrogen-bond donors (Lipinski definition) is 2. The average molecular weight is 510 g/mol. The highest BCUT2D eigenvalue weighted by Crippen LogP contribution is 2.35. The molecular formula is C20H24ClN7O5S. The minimum Gasteiger partial charge on any atom is -0.475 e. The zero-order valence-electron chi connectivity index (χ0n) is 18.7. The van der Waals surface area contributed by atoms with Crippen molar-refractivity contribution >= 4 is 27.6 Å². The third-order valence-electron chi connectivity index (χ3n) is 5.16. The molecule has 0 bridgehead atoms. The van der Waals surface area contributed by atoms with E-state index >= 15 is 0 Å². The molecule has 2 N–H and O–H groups in total. The molecule has 3 aromatic heterocycles. The van der Waals surface area contributed by atoms with Gasteiger partial charge in [0.05, 0.1) is 29.3 Å². The van der Waals surface area contributed by atoms with Crippen LogP contribution in [0.3, 0.4) is 0 Å². The average Bonchev–Trinajstić information content (AvgIpc) is 3.12. The summed E-state index contributed by atoms with van der Waals surface area (Å²) >= 11 is 5.88. The van der Waals surface area contributed by atoms with Gasteiger partial charge >= 0.3 is 0 Å². The standard InChI is InChI=1S/C20H24ClN7O5S/c1-11(2)33-16(17-23-7-13(21)8-24-17)12(3)34(30,31)27-20-26-25-18-15-5-4-6-22-19(15)32-10-14(9-29)28(18)20/h4-8,11-12,14,16,29H,9-10H2,1-3H3,(H,26,27)/t12?,14-,16?/m0/s1. The fourth-order valence-electron chi connectivity index (χ4n) is 3.48. The maximum atomic E-state index is 13.4. The third kappa shape index (κ3) is 4.82. The summed E-state index contributed by atoms with van der Waals surface area (Å²) in [6.07, 6.45) is 3.04. The molecule has 182 valence electrons. The van der Waals surface area contributed by atoms with E-state index in [0.29, 0.717) is 22.3 Å². The van der Waals surface area contributed by atoms with Crippen LogP contribution in [0.25, 0.3) is 11.4 Å². The number of aliphatic hydroxyl groups is 1. The van der Waals surface area contributed by atoms with Gasteiger partial charge in [0.1, 0.15) is 18.0 Å². The topological polar surface area (TPSA) is 154 Å². The SMILES string of the molecule is CC(C)OC(c1ncc(Cl)cn1)C(C)S(=O)(=O)Nc1nnc2n1[C@@H](CO)COc1ncccc1-2. The molecule has 0 aliphatic carbocycles. The number of fused-ring (bicyclic) bond motifs is 3. The van der Waals surface area contributed by atoms with Crippen LogP contribution < -0.4 is 9.46 Å². The van der Waals surface area contributed by atoms with Gasteiger partial charge in [0.2, 0.25) is 21.9 Å². The Kier molecular flexibility index (Phi) is 6.98. The minimum absolute atomic E-state index is 0.0491. The summed E-state index contributed by atoms with van der Waals surface area (Å²) in [6.45, 7) is 4.77. The highest BCUT2D eigenvalue weighted by molar-refractivity contribution is 7.93. The molecule has 14 heteroatoms. The molecule has 0 spiro atoms. The first kappa shape index (κ1) is 24.3. The Morgan fingerprint density at radius 3 is 2.68 bits per heavy atom. The van der Waals surface area contributed by atoms with Gasteiger partial charge in [0, 0.05) is 18.6 Å². The number of sulfonamides is 1. The number of nitrogens with one attached hydrogen (secondary N) is 1. The molecule has 4 heterocycles. The number of nitrogens with zero attached hydrogens (tertiary/aromatic N) is 6. The van der Waals surface area contributed by atoms with E-state index in [0.717, 1.165) is 0 Å². The number of anilines is 1. The summed E-state index contributed by atoms with van der Waals surface area (Å²) in [7, 11) is -4.09. The van der Waals surface area contributed by atoms with Crippen molar-refractivity contribution in [3.05, 3.63) is 41.6 Å². The number of aliphatic hydroxyl groups excluding tert-OH is 1. The lowest BCUT2D eigenvalue weighted by Crippen LogP contribution is -2.35. The maximum Gasteiger partial charge on any atom is 0.240 e. The van der Waals surface area contributed by atoms with Crippen LogP contribution in [0.15, 0.2) is 30.7 Å². The van der Waals surface area contributed by atoms with E-state index in [-0.39, 0.29) is 31.1 Å². The number of aromatic nitrogens is 6. The maximum absolute atomic E-state index is 13.4. The van der Waals surface area contributed by atoms with Crippen LogP contribution in [-0.4, -0.2) is 67.8 Å². The van der Waals surface area contributed by atoms with Crippen molar-refractivity contribution in [2.75, 3.05) is 17.9 Å². The zero-order chi connectivity index (χ0) is 24.5. The number of rotatable bonds is 8. The largest absolute Gasteiger partial charge is 0.475 e. The van der Waals surface area contributed by atoms with Crippen molar-refractivity contribution in [1.29, 1.82) is 0 Å². The summed E-state index contributed by atoms with van der Waals surface area (Å²) in [4.78, 5) is 12.5. The van der Waals surface area contributed by atoms with Crippen molar-refractivity contribution in [1.82, 2.24) is 29.7 Å². The Hall–Kier alpha value is -2.87. The number of pyridine rings is 1. The Morgan fingerprint density at radius 2 is 2.00 bits per heavy atom. The van der Waals surface area contributed by atoms with Gasteiger partial charge in [-0.25, -0.2) is 23.4 Å². The van der Waals surface area contributed by atoms with E-state index < -0.39 is 27.4 Å². The second kappa shape index (κ2) is 9.78. The van der Waals surface area contributed by atoms with E-state index in [1.165, 1.54) is 23.9 Å². The Morgan fingerprint density at radius 1 is 1.26 bits per heavy atom. The van der Waals surface area contributed by atoms with Gasteiger partial charge in [0.25, 0.3) is 0 Å². The summed E-state index contributed by atoms with van der Waals surface area (Å²) in [5.41, 5.74) is 0.528. The van der Waals surface area contributed by atoms with E-state index in [9.17, 15) is 13.5 Å². The van der Waals surface area contributed by atoms with Gasteiger partial charge < -0.3 is 14.6 Å². The molecule has 4 rings (SSSR count). The second-order valence-corrected chi connectivity index (χ2v) is 10.4. The second-order valence-electron chi connectivity index (χ2n) is 7.94. The minimum atomic E-state index is -4.09. The van der Waals surface area contributed by atoms with Gasteiger partial charge in [0.15, 0.2) is 11.6 Å². The van der Waals surface area contributed by atoms with E-state index in [2.05, 4.69) is 29.9 Å². The smallest absolute Gasteiger partial charge is 0.240 e. The van der Waals surface area contributed by atoms with E-state index in [1.54, 1.807) is 32.2 Å². The first-order chi connectivity index (χ1) is 16.2. The van der Waals surface area contributed by atoms with Gasteiger partial charge in [-0.3, -0.25) is 9.29 Å². The van der Waals surface area contributed by atoms with Crippen molar-refractivity contribution in [3.63, 3.8) is 0 Å². The summed E-state index contributed by atoms with van der Waals surface area (Å²) < 4.78 is 42.4. The lowest BCUT2D eigenvalue weighted by atomic mass is 10.2. The molecule has 3 atom stereocenters. The third-order valence-corrected chi connectivity index (χ3v) is 7.05. The monoisotopic (exact) mass is 509 g/mol. The molecule has 0 aromatic carbocycles. The molecule has 0 amide bonds. The quantitative estimate of drug-likeness (QED) is 0.460. The molecule has 12 nitrogen and oxygen atoms in total. The lowest BCUT2D eigenvalue weighted by Gasteiger charge is -2.25. The van der Waals surface area contributed by atoms with Crippen LogP contribution in [-0.2, 0) is 14.8 Å². The molecule has 2 unspecified atom stereocenters. The van der Waals surface area contributed by atoms with Crippen molar-refractivity contribution in [2.24, 2.45) is 0 Å². The fraction of sp³-hybridized carbons (Fsp3) is 0.450. The van der Waals surface area contributed by atoms with Gasteiger partial charge in [-0.05, 0) is 32.9 Å². The van der Waals surface area contributed by atoms with Crippen LogP contribution >= 0.6 is 11.6 Å². The predicted octanol–water partition coefficient (Wildman–Crippen LogP) is 2.01. The van der Waals surface area contributed by atoms with Gasteiger partial charge in [-0.15, -0.1) is 10.2 Å². The Labute approximate surface area is 201 Å². The van der Waals surface area contributed by atoms with Crippen LogP contribution in [0.2, 0.25) is 5.02 Å². The highest BCUT2D eigenvalue weighted by atomic mass is 35.5. The molecule has 1 aliphatic rings.